The first-order chi connectivity index (χ1) is 21.5. The van der Waals surface area contributed by atoms with E-state index < -0.39 is 22.8 Å². The van der Waals surface area contributed by atoms with Crippen LogP contribution in [0.3, 0.4) is 0 Å². The van der Waals surface area contributed by atoms with Crippen molar-refractivity contribution in [2.45, 2.75) is 105 Å². The molecule has 252 valence electrons. The molecule has 0 spiro atoms. The number of aliphatic carboxylic acids is 1. The molecule has 3 unspecified atom stereocenters. The van der Waals surface area contributed by atoms with Crippen LogP contribution < -0.4 is 0 Å². The van der Waals surface area contributed by atoms with E-state index >= 15 is 0 Å². The van der Waals surface area contributed by atoms with Crippen LogP contribution in [0.25, 0.3) is 6.08 Å². The number of fused-ring (bicyclic) bond motifs is 7. The highest BCUT2D eigenvalue weighted by Gasteiger charge is 2.71. The third-order valence-corrected chi connectivity index (χ3v) is 14.9. The number of phenolic OH excluding ortho intramolecular Hbond substituents is 2. The van der Waals surface area contributed by atoms with Gasteiger partial charge in [-0.15, -0.1) is 0 Å². The minimum Gasteiger partial charge on any atom is -0.504 e. The van der Waals surface area contributed by atoms with Gasteiger partial charge in [-0.05, 0) is 127 Å². The minimum absolute atomic E-state index is 0.00233. The number of ether oxygens (including phenoxy) is 1. The van der Waals surface area contributed by atoms with Gasteiger partial charge in [0.25, 0.3) is 0 Å². The summed E-state index contributed by atoms with van der Waals surface area (Å²) in [5.41, 5.74) is 0.103. The summed E-state index contributed by atoms with van der Waals surface area (Å²) in [6.07, 6.45) is 12.4. The highest BCUT2D eigenvalue weighted by molar-refractivity contribution is 5.87. The second-order valence-electron chi connectivity index (χ2n) is 16.9. The summed E-state index contributed by atoms with van der Waals surface area (Å²) in [4.78, 5) is 26.6. The number of aromatic hydroxyl groups is 2. The third-order valence-electron chi connectivity index (χ3n) is 14.9. The van der Waals surface area contributed by atoms with Crippen LogP contribution >= 0.6 is 0 Å². The predicted octanol–water partition coefficient (Wildman–Crippen LogP) is 7.74. The first-order valence-electron chi connectivity index (χ1n) is 17.5. The van der Waals surface area contributed by atoms with Crippen molar-refractivity contribution in [3.63, 3.8) is 0 Å². The van der Waals surface area contributed by atoms with Crippen LogP contribution in [-0.2, 0) is 14.3 Å². The van der Waals surface area contributed by atoms with E-state index in [1.165, 1.54) is 23.8 Å². The number of allylic oxidation sites excluding steroid dienone is 1. The van der Waals surface area contributed by atoms with Crippen LogP contribution in [0.15, 0.2) is 35.9 Å². The summed E-state index contributed by atoms with van der Waals surface area (Å²) >= 11 is 0. The SMILES string of the molecule is C[C@@H]1CC[C@]2(C(=O)O)CC[C@]3(COC(=O)/C=C/c4ccc(O)c(O)c4)C(=CCC4[C@@]5(C)CC[C@H](O)C(C)(C)C5CC[C@]43C)C2[C@H]1C. The zero-order valence-electron chi connectivity index (χ0n) is 28.5. The monoisotopic (exact) mass is 634 g/mol. The summed E-state index contributed by atoms with van der Waals surface area (Å²) in [5.74, 6) is -0.461. The number of carbonyl (C=O) groups is 2. The number of rotatable bonds is 5. The number of hydrogen-bond acceptors (Lipinski definition) is 6. The zero-order chi connectivity index (χ0) is 33.4. The predicted molar refractivity (Wildman–Crippen MR) is 177 cm³/mol. The van der Waals surface area contributed by atoms with Crippen molar-refractivity contribution in [2.24, 2.45) is 56.7 Å². The van der Waals surface area contributed by atoms with Crippen molar-refractivity contribution in [3.8, 4) is 11.5 Å². The van der Waals surface area contributed by atoms with E-state index in [-0.39, 0.29) is 52.3 Å². The van der Waals surface area contributed by atoms with Gasteiger partial charge in [0.15, 0.2) is 11.5 Å². The maximum atomic E-state index is 13.4. The Balaban J connectivity index is 1.41. The second kappa shape index (κ2) is 11.1. The van der Waals surface area contributed by atoms with E-state index in [2.05, 4.69) is 47.6 Å². The van der Waals surface area contributed by atoms with Gasteiger partial charge < -0.3 is 25.2 Å². The lowest BCUT2D eigenvalue weighted by atomic mass is 9.33. The molecule has 5 aliphatic carbocycles. The van der Waals surface area contributed by atoms with Crippen molar-refractivity contribution in [3.05, 3.63) is 41.5 Å². The van der Waals surface area contributed by atoms with Gasteiger partial charge in [0, 0.05) is 11.5 Å². The fraction of sp³-hybridized carbons (Fsp3) is 0.692. The Morgan fingerprint density at radius 1 is 0.935 bits per heavy atom. The molecular formula is C39H54O7. The van der Waals surface area contributed by atoms with Gasteiger partial charge in [0.2, 0.25) is 0 Å². The smallest absolute Gasteiger partial charge is 0.330 e. The van der Waals surface area contributed by atoms with Gasteiger partial charge in [0.05, 0.1) is 11.5 Å². The van der Waals surface area contributed by atoms with Crippen LogP contribution in [0.4, 0.5) is 0 Å². The standard InChI is InChI=1S/C39H54O7/c1-23-13-18-38(34(44)45)19-20-39(22-46-32(43)12-8-25-7-10-27(40)28(41)21-25)26(33(38)24(23)2)9-11-30-36(5)16-15-31(42)35(3,4)29(36)14-17-37(30,39)6/h7-10,12,21,23-24,29-31,33,40-42H,11,13-20,22H2,1-6H3,(H,44,45)/b12-8+/t23-,24+,29?,30?,31+,33?,36+,37-,38+,39+/m1/s1. The Kier molecular flexibility index (Phi) is 8.02. The second-order valence-corrected chi connectivity index (χ2v) is 16.9. The lowest BCUT2D eigenvalue weighted by Gasteiger charge is -2.71. The van der Waals surface area contributed by atoms with Gasteiger partial charge in [-0.3, -0.25) is 4.79 Å². The number of phenols is 2. The van der Waals surface area contributed by atoms with E-state index in [4.69, 9.17) is 4.74 Å². The Labute approximate surface area is 274 Å². The first kappa shape index (κ1) is 33.1. The molecule has 4 fully saturated rings. The average molecular weight is 635 g/mol. The molecule has 7 nitrogen and oxygen atoms in total. The summed E-state index contributed by atoms with van der Waals surface area (Å²) in [6.45, 7) is 14.0. The number of carbonyl (C=O) groups excluding carboxylic acids is 1. The number of aliphatic hydroxyl groups is 1. The number of carboxylic acids is 1. The molecule has 0 amide bonds. The minimum atomic E-state index is -0.798. The molecule has 10 atom stereocenters. The van der Waals surface area contributed by atoms with Crippen molar-refractivity contribution in [1.82, 2.24) is 0 Å². The average Bonchev–Trinajstić information content (AvgIpc) is 3.00. The fourth-order valence-corrected chi connectivity index (χ4v) is 12.0. The van der Waals surface area contributed by atoms with Gasteiger partial charge in [-0.2, -0.15) is 0 Å². The number of hydrogen-bond donors (Lipinski definition) is 4. The van der Waals surface area contributed by atoms with E-state index in [1.807, 2.05) is 0 Å². The molecule has 0 aliphatic heterocycles. The van der Waals surface area contributed by atoms with Gasteiger partial charge in [-0.25, -0.2) is 4.79 Å². The number of benzene rings is 1. The molecule has 46 heavy (non-hydrogen) atoms. The maximum Gasteiger partial charge on any atom is 0.330 e. The molecule has 0 saturated heterocycles. The van der Waals surface area contributed by atoms with Crippen LogP contribution in [0.1, 0.15) is 105 Å². The Hall–Kier alpha value is -2.80. The maximum absolute atomic E-state index is 13.4. The van der Waals surface area contributed by atoms with Gasteiger partial charge in [-0.1, -0.05) is 59.3 Å². The van der Waals surface area contributed by atoms with E-state index in [0.29, 0.717) is 42.6 Å². The van der Waals surface area contributed by atoms with E-state index in [9.17, 15) is 30.0 Å². The Bertz CT molecular complexity index is 1460. The van der Waals surface area contributed by atoms with Crippen LogP contribution in [-0.4, -0.2) is 45.1 Å². The number of carboxylic acid groups (broad SMARTS) is 1. The number of aliphatic hydroxyl groups excluding tert-OH is 1. The van der Waals surface area contributed by atoms with Gasteiger partial charge in [0.1, 0.15) is 6.61 Å². The topological polar surface area (TPSA) is 124 Å². The van der Waals surface area contributed by atoms with Crippen LogP contribution in [0.5, 0.6) is 11.5 Å². The molecule has 1 aromatic rings. The molecular weight excluding hydrogens is 580 g/mol. The fourth-order valence-electron chi connectivity index (χ4n) is 12.0. The highest BCUT2D eigenvalue weighted by Crippen LogP contribution is 2.76. The van der Waals surface area contributed by atoms with Gasteiger partial charge >= 0.3 is 11.9 Å². The highest BCUT2D eigenvalue weighted by atomic mass is 16.5. The van der Waals surface area contributed by atoms with E-state index in [1.54, 1.807) is 12.1 Å². The molecule has 4 N–H and O–H groups in total. The molecule has 1 aromatic carbocycles. The lowest BCUT2D eigenvalue weighted by molar-refractivity contribution is -0.218. The lowest BCUT2D eigenvalue weighted by Crippen LogP contribution is -2.67. The summed E-state index contributed by atoms with van der Waals surface area (Å²) in [6, 6.07) is 4.39. The molecule has 0 bridgehead atoms. The molecule has 4 saturated carbocycles. The van der Waals surface area contributed by atoms with E-state index in [0.717, 1.165) is 38.5 Å². The molecule has 0 heterocycles. The zero-order valence-corrected chi connectivity index (χ0v) is 28.5. The molecule has 5 aliphatic rings. The quantitative estimate of drug-likeness (QED) is 0.113. The largest absolute Gasteiger partial charge is 0.504 e. The molecule has 7 heteroatoms. The third kappa shape index (κ3) is 4.61. The van der Waals surface area contributed by atoms with Crippen molar-refractivity contribution >= 4 is 18.0 Å². The summed E-state index contributed by atoms with van der Waals surface area (Å²) in [5, 5.41) is 41.5. The number of esters is 1. The van der Waals surface area contributed by atoms with Crippen molar-refractivity contribution in [1.29, 1.82) is 0 Å². The van der Waals surface area contributed by atoms with Crippen molar-refractivity contribution < 1.29 is 34.8 Å². The molecule has 6 rings (SSSR count). The normalized spacial score (nSPS) is 43.0. The summed E-state index contributed by atoms with van der Waals surface area (Å²) < 4.78 is 6.23. The Morgan fingerprint density at radius 2 is 1.67 bits per heavy atom. The molecule has 0 aromatic heterocycles. The van der Waals surface area contributed by atoms with Crippen LogP contribution in [0, 0.1) is 56.7 Å². The first-order valence-corrected chi connectivity index (χ1v) is 17.5. The van der Waals surface area contributed by atoms with Crippen LogP contribution in [0.2, 0.25) is 0 Å². The van der Waals surface area contributed by atoms with Crippen molar-refractivity contribution in [2.75, 3.05) is 6.61 Å². The Morgan fingerprint density at radius 3 is 2.37 bits per heavy atom. The summed E-state index contributed by atoms with van der Waals surface area (Å²) in [7, 11) is 0. The molecule has 0 radical (unpaired) electrons.